The first-order chi connectivity index (χ1) is 10.2. The standard InChI is InChI=1S/C14H18ClN5OS/c1-7(16)13-17-6-9(22-13)12(21)18-10-5-8(14(2,3)4)11(15)20-19-10/h5-7H,16H2,1-4H3,(H,18,19,21). The highest BCUT2D eigenvalue weighted by atomic mass is 35.5. The Morgan fingerprint density at radius 2 is 2.09 bits per heavy atom. The molecule has 2 heterocycles. The Hall–Kier alpha value is -1.57. The first-order valence-electron chi connectivity index (χ1n) is 6.75. The predicted molar refractivity (Wildman–Crippen MR) is 88.4 cm³/mol. The van der Waals surface area contributed by atoms with Crippen molar-refractivity contribution in [3.05, 3.63) is 32.9 Å². The Bertz CT molecular complexity index is 693. The Balaban J connectivity index is 2.21. The van der Waals surface area contributed by atoms with Crippen LogP contribution in [0.1, 0.15) is 54.0 Å². The third-order valence-corrected chi connectivity index (χ3v) is 4.41. The highest BCUT2D eigenvalue weighted by Gasteiger charge is 2.21. The lowest BCUT2D eigenvalue weighted by atomic mass is 9.88. The molecule has 0 saturated carbocycles. The molecule has 2 aromatic heterocycles. The molecule has 0 spiro atoms. The molecule has 3 N–H and O–H groups in total. The van der Waals surface area contributed by atoms with E-state index < -0.39 is 0 Å². The van der Waals surface area contributed by atoms with Crippen LogP contribution in [0.4, 0.5) is 5.82 Å². The molecule has 2 rings (SSSR count). The minimum absolute atomic E-state index is 0.195. The van der Waals surface area contributed by atoms with E-state index in [2.05, 4.69) is 20.5 Å². The van der Waals surface area contributed by atoms with E-state index in [-0.39, 0.29) is 17.4 Å². The molecule has 0 aliphatic heterocycles. The second-order valence-electron chi connectivity index (χ2n) is 5.99. The number of carbonyl (C=O) groups is 1. The Morgan fingerprint density at radius 1 is 1.41 bits per heavy atom. The molecule has 0 aliphatic rings. The van der Waals surface area contributed by atoms with Gasteiger partial charge in [0.15, 0.2) is 11.0 Å². The summed E-state index contributed by atoms with van der Waals surface area (Å²) in [6, 6.07) is 1.54. The number of rotatable bonds is 3. The van der Waals surface area contributed by atoms with Crippen LogP contribution in [-0.2, 0) is 5.41 Å². The average molecular weight is 340 g/mol. The van der Waals surface area contributed by atoms with Crippen LogP contribution in [0.2, 0.25) is 5.15 Å². The van der Waals surface area contributed by atoms with Crippen molar-refractivity contribution in [1.29, 1.82) is 0 Å². The Labute approximate surface area is 138 Å². The molecule has 0 aromatic carbocycles. The van der Waals surface area contributed by atoms with E-state index in [4.69, 9.17) is 17.3 Å². The number of thiazole rings is 1. The summed E-state index contributed by atoms with van der Waals surface area (Å²) in [7, 11) is 0. The molecule has 1 atom stereocenters. The van der Waals surface area contributed by atoms with E-state index in [0.29, 0.717) is 20.9 Å². The number of halogens is 1. The first kappa shape index (κ1) is 16.8. The second-order valence-corrected chi connectivity index (χ2v) is 7.41. The predicted octanol–water partition coefficient (Wildman–Crippen LogP) is 3.16. The van der Waals surface area contributed by atoms with Gasteiger partial charge in [-0.3, -0.25) is 4.79 Å². The minimum atomic E-state index is -0.291. The normalized spacial score (nSPS) is 13.0. The number of hydrogen-bond donors (Lipinski definition) is 2. The highest BCUT2D eigenvalue weighted by molar-refractivity contribution is 7.13. The van der Waals surface area contributed by atoms with Gasteiger partial charge in [-0.25, -0.2) is 4.98 Å². The molecule has 118 valence electrons. The zero-order chi connectivity index (χ0) is 16.5. The lowest BCUT2D eigenvalue weighted by Gasteiger charge is -2.20. The molecular formula is C14H18ClN5OS. The fourth-order valence-corrected chi connectivity index (χ4v) is 2.89. The smallest absolute Gasteiger partial charge is 0.268 e. The largest absolute Gasteiger partial charge is 0.322 e. The summed E-state index contributed by atoms with van der Waals surface area (Å²) >= 11 is 7.32. The van der Waals surface area contributed by atoms with E-state index in [0.717, 1.165) is 5.56 Å². The molecule has 0 bridgehead atoms. The van der Waals surface area contributed by atoms with Crippen molar-refractivity contribution in [2.45, 2.75) is 39.2 Å². The van der Waals surface area contributed by atoms with Crippen molar-refractivity contribution in [1.82, 2.24) is 15.2 Å². The van der Waals surface area contributed by atoms with Crippen molar-refractivity contribution >= 4 is 34.7 Å². The van der Waals surface area contributed by atoms with Crippen molar-refractivity contribution in [2.24, 2.45) is 5.73 Å². The fraction of sp³-hybridized carbons (Fsp3) is 0.429. The summed E-state index contributed by atoms with van der Waals surface area (Å²) in [5.41, 5.74) is 6.37. The number of nitrogens with zero attached hydrogens (tertiary/aromatic N) is 3. The van der Waals surface area contributed by atoms with Gasteiger partial charge >= 0.3 is 0 Å². The SMILES string of the molecule is CC(N)c1ncc(C(=O)Nc2cc(C(C)(C)C)c(Cl)nn2)s1. The van der Waals surface area contributed by atoms with Crippen LogP contribution >= 0.6 is 22.9 Å². The summed E-state index contributed by atoms with van der Waals surface area (Å²) in [6.07, 6.45) is 1.51. The molecule has 1 unspecified atom stereocenters. The zero-order valence-corrected chi connectivity index (χ0v) is 14.4. The number of anilines is 1. The van der Waals surface area contributed by atoms with Crippen molar-refractivity contribution in [3.8, 4) is 0 Å². The van der Waals surface area contributed by atoms with Crippen molar-refractivity contribution in [2.75, 3.05) is 5.32 Å². The fourth-order valence-electron chi connectivity index (χ4n) is 1.74. The lowest BCUT2D eigenvalue weighted by molar-refractivity contribution is 0.103. The lowest BCUT2D eigenvalue weighted by Crippen LogP contribution is -2.17. The van der Waals surface area contributed by atoms with Gasteiger partial charge in [-0.1, -0.05) is 32.4 Å². The van der Waals surface area contributed by atoms with Crippen LogP contribution in [0.3, 0.4) is 0 Å². The topological polar surface area (TPSA) is 93.8 Å². The van der Waals surface area contributed by atoms with Gasteiger partial charge in [0.2, 0.25) is 0 Å². The van der Waals surface area contributed by atoms with Crippen LogP contribution in [0.5, 0.6) is 0 Å². The van der Waals surface area contributed by atoms with Gasteiger partial charge < -0.3 is 11.1 Å². The molecular weight excluding hydrogens is 322 g/mol. The van der Waals surface area contributed by atoms with Gasteiger partial charge in [-0.05, 0) is 18.4 Å². The number of hydrogen-bond acceptors (Lipinski definition) is 6. The number of nitrogens with two attached hydrogens (primary N) is 1. The summed E-state index contributed by atoms with van der Waals surface area (Å²) < 4.78 is 0. The molecule has 1 amide bonds. The van der Waals surface area contributed by atoms with Gasteiger partial charge in [-0.2, -0.15) is 0 Å². The number of amides is 1. The van der Waals surface area contributed by atoms with Crippen LogP contribution < -0.4 is 11.1 Å². The molecule has 0 radical (unpaired) electrons. The monoisotopic (exact) mass is 339 g/mol. The zero-order valence-electron chi connectivity index (χ0n) is 12.8. The molecule has 8 heteroatoms. The van der Waals surface area contributed by atoms with Crippen LogP contribution in [0.25, 0.3) is 0 Å². The van der Waals surface area contributed by atoms with Gasteiger partial charge in [0, 0.05) is 5.56 Å². The maximum absolute atomic E-state index is 12.2. The third kappa shape index (κ3) is 3.79. The Kier molecular flexibility index (Phi) is 4.79. The van der Waals surface area contributed by atoms with E-state index in [1.54, 1.807) is 6.07 Å². The summed E-state index contributed by atoms with van der Waals surface area (Å²) in [4.78, 5) is 16.8. The van der Waals surface area contributed by atoms with Crippen LogP contribution in [0.15, 0.2) is 12.3 Å². The quantitative estimate of drug-likeness (QED) is 0.895. The van der Waals surface area contributed by atoms with E-state index in [1.807, 2.05) is 27.7 Å². The molecule has 0 saturated heterocycles. The summed E-state index contributed by atoms with van der Waals surface area (Å²) in [6.45, 7) is 7.86. The van der Waals surface area contributed by atoms with E-state index in [9.17, 15) is 4.79 Å². The minimum Gasteiger partial charge on any atom is -0.322 e. The summed E-state index contributed by atoms with van der Waals surface area (Å²) in [5, 5.41) is 11.6. The maximum atomic E-state index is 12.2. The van der Waals surface area contributed by atoms with Crippen molar-refractivity contribution < 1.29 is 4.79 Å². The van der Waals surface area contributed by atoms with Crippen molar-refractivity contribution in [3.63, 3.8) is 0 Å². The van der Waals surface area contributed by atoms with Gasteiger partial charge in [0.1, 0.15) is 9.88 Å². The van der Waals surface area contributed by atoms with E-state index in [1.165, 1.54) is 17.5 Å². The third-order valence-electron chi connectivity index (χ3n) is 2.94. The highest BCUT2D eigenvalue weighted by Crippen LogP contribution is 2.29. The van der Waals surface area contributed by atoms with Crippen LogP contribution in [0, 0.1) is 0 Å². The average Bonchev–Trinajstić information content (AvgIpc) is 2.89. The molecule has 2 aromatic rings. The van der Waals surface area contributed by atoms with Gasteiger partial charge in [-0.15, -0.1) is 21.5 Å². The number of nitrogens with one attached hydrogen (secondary N) is 1. The van der Waals surface area contributed by atoms with Gasteiger partial charge in [0.25, 0.3) is 5.91 Å². The van der Waals surface area contributed by atoms with Gasteiger partial charge in [0.05, 0.1) is 12.2 Å². The number of aromatic nitrogens is 3. The maximum Gasteiger partial charge on any atom is 0.268 e. The Morgan fingerprint density at radius 3 is 2.64 bits per heavy atom. The number of carbonyl (C=O) groups excluding carboxylic acids is 1. The summed E-state index contributed by atoms with van der Waals surface area (Å²) in [5.74, 6) is 0.0657. The van der Waals surface area contributed by atoms with Crippen LogP contribution in [-0.4, -0.2) is 21.1 Å². The molecule has 22 heavy (non-hydrogen) atoms. The molecule has 6 nitrogen and oxygen atoms in total. The first-order valence-corrected chi connectivity index (χ1v) is 7.94. The molecule has 0 aliphatic carbocycles. The van der Waals surface area contributed by atoms with E-state index >= 15 is 0 Å². The second kappa shape index (κ2) is 6.28. The molecule has 0 fully saturated rings.